The van der Waals surface area contributed by atoms with Gasteiger partial charge < -0.3 is 9.47 Å². The van der Waals surface area contributed by atoms with Gasteiger partial charge in [0, 0.05) is 12.2 Å². The summed E-state index contributed by atoms with van der Waals surface area (Å²) in [6.07, 6.45) is 9.77. The van der Waals surface area contributed by atoms with Gasteiger partial charge in [0.15, 0.2) is 0 Å². The number of hydrogen-bond acceptors (Lipinski definition) is 2. The highest BCUT2D eigenvalue weighted by molar-refractivity contribution is 5.35. The van der Waals surface area contributed by atoms with Crippen LogP contribution in [-0.4, -0.2) is 5.79 Å². The van der Waals surface area contributed by atoms with E-state index in [1.165, 1.54) is 0 Å². The van der Waals surface area contributed by atoms with Crippen LogP contribution in [0.4, 0.5) is 0 Å². The predicted molar refractivity (Wildman–Crippen MR) is 57.1 cm³/mol. The Kier molecular flexibility index (Phi) is 2.52. The summed E-state index contributed by atoms with van der Waals surface area (Å²) in [4.78, 5) is 0. The van der Waals surface area contributed by atoms with Crippen LogP contribution < -0.4 is 0 Å². The minimum atomic E-state index is -0.607. The fourth-order valence-corrected chi connectivity index (χ4v) is 1.36. The first-order valence-electron chi connectivity index (χ1n) is 4.68. The molecule has 15 heavy (non-hydrogen) atoms. The molecule has 0 aromatic heterocycles. The zero-order valence-corrected chi connectivity index (χ0v) is 8.41. The monoisotopic (exact) mass is 198 g/mol. The van der Waals surface area contributed by atoms with E-state index < -0.39 is 5.79 Å². The molecule has 0 N–H and O–H groups in total. The molecule has 0 radical (unpaired) electrons. The van der Waals surface area contributed by atoms with Crippen LogP contribution in [0.3, 0.4) is 0 Å². The topological polar surface area (TPSA) is 18.5 Å². The fraction of sp³-hybridized carbons (Fsp3) is 0.231. The Hall–Kier alpha value is -2.06. The molecule has 0 fully saturated rings. The molecule has 2 heteroatoms. The molecule has 0 aromatic rings. The summed E-state index contributed by atoms with van der Waals surface area (Å²) in [6, 6.07) is 0. The summed E-state index contributed by atoms with van der Waals surface area (Å²) in [5, 5.41) is 0. The Balaban J connectivity index is 2.02. The maximum atomic E-state index is 5.60. The molecule has 0 aliphatic carbocycles. The molecule has 2 nitrogen and oxygen atoms in total. The highest BCUT2D eigenvalue weighted by Gasteiger charge is 2.36. The molecule has 0 aromatic carbocycles. The largest absolute Gasteiger partial charge is 0.457 e. The van der Waals surface area contributed by atoms with Crippen molar-refractivity contribution in [2.75, 3.05) is 0 Å². The first-order chi connectivity index (χ1) is 7.35. The van der Waals surface area contributed by atoms with E-state index in [4.69, 9.17) is 9.47 Å². The van der Waals surface area contributed by atoms with Crippen LogP contribution in [0.25, 0.3) is 0 Å². The van der Waals surface area contributed by atoms with Gasteiger partial charge in [-0.2, -0.15) is 0 Å². The average molecular weight is 198 g/mol. The van der Waals surface area contributed by atoms with E-state index in [0.717, 1.165) is 6.42 Å². The molecule has 1 spiro atoms. The molecule has 2 heterocycles. The second-order valence-electron chi connectivity index (χ2n) is 3.13. The summed E-state index contributed by atoms with van der Waals surface area (Å²) < 4.78 is 11.0. The van der Waals surface area contributed by atoms with Crippen molar-refractivity contribution in [1.29, 1.82) is 0 Å². The molecule has 0 saturated carbocycles. The predicted octanol–water partition coefficient (Wildman–Crippen LogP) is 2.11. The van der Waals surface area contributed by atoms with Gasteiger partial charge in [0.1, 0.15) is 5.76 Å². The molecule has 0 saturated heterocycles. The van der Waals surface area contributed by atoms with Crippen LogP contribution in [0, 0.1) is 23.7 Å². The van der Waals surface area contributed by atoms with Crippen molar-refractivity contribution >= 4 is 0 Å². The lowest BCUT2D eigenvalue weighted by Gasteiger charge is -2.20. The van der Waals surface area contributed by atoms with Crippen molar-refractivity contribution in [2.24, 2.45) is 0 Å². The summed E-state index contributed by atoms with van der Waals surface area (Å²) in [7, 11) is 0. The van der Waals surface area contributed by atoms with Crippen molar-refractivity contribution in [3.63, 3.8) is 0 Å². The standard InChI is InChI=1S/C13H10O2/c1-2-3-4-5-7-12-8-10-13(15-12)9-6-11-14-13/h6-8,10-11H,9H2,1H3/b12-7-/t13-/m0/s1. The Morgan fingerprint density at radius 3 is 3.13 bits per heavy atom. The molecule has 1 atom stereocenters. The smallest absolute Gasteiger partial charge is 0.274 e. The van der Waals surface area contributed by atoms with E-state index in [1.54, 1.807) is 19.3 Å². The molecular formula is C13H10O2. The molecule has 0 bridgehead atoms. The van der Waals surface area contributed by atoms with E-state index in [9.17, 15) is 0 Å². The normalized spacial score (nSPS) is 27.9. The quantitative estimate of drug-likeness (QED) is 0.555. The molecular weight excluding hydrogens is 188 g/mol. The zero-order chi connectivity index (χ0) is 10.6. The summed E-state index contributed by atoms with van der Waals surface area (Å²) in [5.41, 5.74) is 0. The van der Waals surface area contributed by atoms with Crippen LogP contribution in [0.15, 0.2) is 36.3 Å². The molecule has 74 valence electrons. The Bertz CT molecular complexity index is 450. The minimum Gasteiger partial charge on any atom is -0.457 e. The second kappa shape index (κ2) is 3.98. The van der Waals surface area contributed by atoms with E-state index in [-0.39, 0.29) is 0 Å². The van der Waals surface area contributed by atoms with Gasteiger partial charge in [-0.1, -0.05) is 11.8 Å². The van der Waals surface area contributed by atoms with E-state index in [1.807, 2.05) is 18.2 Å². The van der Waals surface area contributed by atoms with Gasteiger partial charge >= 0.3 is 0 Å². The minimum absolute atomic E-state index is 0.607. The molecule has 2 aliphatic rings. The maximum Gasteiger partial charge on any atom is 0.274 e. The highest BCUT2D eigenvalue weighted by atomic mass is 16.7. The molecule has 0 unspecified atom stereocenters. The molecule has 0 amide bonds. The van der Waals surface area contributed by atoms with Crippen molar-refractivity contribution in [1.82, 2.24) is 0 Å². The first-order valence-corrected chi connectivity index (χ1v) is 4.68. The van der Waals surface area contributed by atoms with Crippen LogP contribution in [0.2, 0.25) is 0 Å². The SMILES string of the molecule is CC#CC#C/C=C1/C=C[C@]2(CC=CO2)O1. The van der Waals surface area contributed by atoms with Gasteiger partial charge in [-0.25, -0.2) is 0 Å². The first kappa shape index (κ1) is 9.49. The van der Waals surface area contributed by atoms with Crippen LogP contribution in [-0.2, 0) is 9.47 Å². The van der Waals surface area contributed by atoms with Crippen molar-refractivity contribution < 1.29 is 9.47 Å². The third-order valence-corrected chi connectivity index (χ3v) is 2.03. The van der Waals surface area contributed by atoms with Crippen LogP contribution in [0.1, 0.15) is 13.3 Å². The zero-order valence-electron chi connectivity index (χ0n) is 8.41. The van der Waals surface area contributed by atoms with E-state index in [2.05, 4.69) is 23.7 Å². The highest BCUT2D eigenvalue weighted by Crippen LogP contribution is 2.34. The summed E-state index contributed by atoms with van der Waals surface area (Å²) >= 11 is 0. The van der Waals surface area contributed by atoms with Crippen molar-refractivity contribution in [3.8, 4) is 23.7 Å². The van der Waals surface area contributed by atoms with Gasteiger partial charge in [0.05, 0.1) is 12.7 Å². The van der Waals surface area contributed by atoms with Gasteiger partial charge in [0.25, 0.3) is 5.79 Å². The summed E-state index contributed by atoms with van der Waals surface area (Å²) in [5.74, 6) is 10.9. The second-order valence-corrected chi connectivity index (χ2v) is 3.13. The third kappa shape index (κ3) is 2.06. The Labute approximate surface area is 89.3 Å². The van der Waals surface area contributed by atoms with E-state index in [0.29, 0.717) is 5.76 Å². The number of allylic oxidation sites excluding steroid dienone is 2. The van der Waals surface area contributed by atoms with Gasteiger partial charge in [0.2, 0.25) is 0 Å². The lowest BCUT2D eigenvalue weighted by Crippen LogP contribution is -2.24. The van der Waals surface area contributed by atoms with E-state index >= 15 is 0 Å². The Morgan fingerprint density at radius 1 is 1.47 bits per heavy atom. The molecule has 2 rings (SSSR count). The number of rotatable bonds is 0. The van der Waals surface area contributed by atoms with Gasteiger partial charge in [-0.3, -0.25) is 0 Å². The lowest BCUT2D eigenvalue weighted by atomic mass is 10.2. The lowest BCUT2D eigenvalue weighted by molar-refractivity contribution is -0.115. The maximum absolute atomic E-state index is 5.60. The number of hydrogen-bond donors (Lipinski definition) is 0. The Morgan fingerprint density at radius 2 is 2.40 bits per heavy atom. The number of ether oxygens (including phenoxy) is 2. The van der Waals surface area contributed by atoms with Crippen LogP contribution >= 0.6 is 0 Å². The van der Waals surface area contributed by atoms with Gasteiger partial charge in [-0.15, -0.1) is 0 Å². The van der Waals surface area contributed by atoms with Crippen LogP contribution in [0.5, 0.6) is 0 Å². The fourth-order valence-electron chi connectivity index (χ4n) is 1.36. The molecule has 2 aliphatic heterocycles. The third-order valence-electron chi connectivity index (χ3n) is 2.03. The van der Waals surface area contributed by atoms with Gasteiger partial charge in [-0.05, 0) is 30.9 Å². The van der Waals surface area contributed by atoms with Crippen molar-refractivity contribution in [3.05, 3.63) is 36.3 Å². The van der Waals surface area contributed by atoms with Crippen molar-refractivity contribution in [2.45, 2.75) is 19.1 Å². The summed E-state index contributed by atoms with van der Waals surface area (Å²) in [6.45, 7) is 1.75. The average Bonchev–Trinajstić information content (AvgIpc) is 2.85.